The maximum absolute atomic E-state index is 10.6. The molecule has 0 spiro atoms. The summed E-state index contributed by atoms with van der Waals surface area (Å²) in [6, 6.07) is 0. The Balaban J connectivity index is 2.38. The van der Waals surface area contributed by atoms with Crippen molar-refractivity contribution >= 4 is 0 Å². The summed E-state index contributed by atoms with van der Waals surface area (Å²) in [6.45, 7) is 8.06. The topological polar surface area (TPSA) is 60.7 Å². The molecule has 0 amide bonds. The average Bonchev–Trinajstić information content (AvgIpc) is 2.27. The number of rotatable bonds is 1. The first-order valence-electron chi connectivity index (χ1n) is 6.97. The quantitative estimate of drug-likeness (QED) is 0.626. The number of hydrogen-bond acceptors (Lipinski definition) is 3. The molecular weight excluding hydrogens is 228 g/mol. The number of aliphatic hydroxyl groups is 3. The van der Waals surface area contributed by atoms with Crippen molar-refractivity contribution in [2.45, 2.75) is 64.8 Å². The molecule has 2 rings (SSSR count). The molecule has 2 aliphatic rings. The van der Waals surface area contributed by atoms with Crippen molar-refractivity contribution < 1.29 is 15.3 Å². The van der Waals surface area contributed by atoms with Crippen molar-refractivity contribution in [2.24, 2.45) is 17.3 Å². The van der Waals surface area contributed by atoms with E-state index in [1.165, 1.54) is 5.57 Å². The highest BCUT2D eigenvalue weighted by Crippen LogP contribution is 2.54. The molecule has 0 radical (unpaired) electrons. The van der Waals surface area contributed by atoms with Crippen molar-refractivity contribution in [1.29, 1.82) is 0 Å². The molecule has 1 saturated carbocycles. The minimum Gasteiger partial charge on any atom is -0.392 e. The second-order valence-electron chi connectivity index (χ2n) is 6.89. The summed E-state index contributed by atoms with van der Waals surface area (Å²) in [7, 11) is 0. The fraction of sp³-hybridized carbons (Fsp3) is 0.867. The van der Waals surface area contributed by atoms with Gasteiger partial charge in [-0.25, -0.2) is 0 Å². The molecule has 0 aromatic rings. The summed E-state index contributed by atoms with van der Waals surface area (Å²) in [6.07, 6.45) is 2.67. The number of aliphatic hydroxyl groups excluding tert-OH is 2. The molecule has 5 unspecified atom stereocenters. The monoisotopic (exact) mass is 254 g/mol. The molecule has 0 bridgehead atoms. The van der Waals surface area contributed by atoms with Gasteiger partial charge in [0.05, 0.1) is 17.8 Å². The Morgan fingerprint density at radius 2 is 1.83 bits per heavy atom. The lowest BCUT2D eigenvalue weighted by Crippen LogP contribution is -2.62. The number of fused-ring (bicyclic) bond motifs is 1. The number of allylic oxidation sites excluding steroid dienone is 2. The third-order valence-corrected chi connectivity index (χ3v) is 5.37. The van der Waals surface area contributed by atoms with Gasteiger partial charge in [-0.1, -0.05) is 32.4 Å². The van der Waals surface area contributed by atoms with Gasteiger partial charge in [-0.05, 0) is 25.7 Å². The zero-order valence-electron chi connectivity index (χ0n) is 11.8. The second-order valence-corrected chi connectivity index (χ2v) is 6.89. The van der Waals surface area contributed by atoms with E-state index in [0.29, 0.717) is 5.92 Å². The third-order valence-electron chi connectivity index (χ3n) is 5.37. The Morgan fingerprint density at radius 3 is 2.39 bits per heavy atom. The molecule has 0 aromatic heterocycles. The van der Waals surface area contributed by atoms with Gasteiger partial charge in [0, 0.05) is 17.8 Å². The van der Waals surface area contributed by atoms with Crippen LogP contribution in [0.15, 0.2) is 11.6 Å². The van der Waals surface area contributed by atoms with Crippen LogP contribution in [-0.4, -0.2) is 33.1 Å². The maximum atomic E-state index is 10.6. The fourth-order valence-electron chi connectivity index (χ4n) is 3.71. The molecular formula is C15H26O3. The Morgan fingerprint density at radius 1 is 1.22 bits per heavy atom. The summed E-state index contributed by atoms with van der Waals surface area (Å²) in [5.41, 5.74) is -0.0946. The summed E-state index contributed by atoms with van der Waals surface area (Å²) < 4.78 is 0. The molecule has 3 N–H and O–H groups in total. The highest BCUT2D eigenvalue weighted by molar-refractivity contribution is 5.20. The van der Waals surface area contributed by atoms with E-state index in [1.54, 1.807) is 6.92 Å². The summed E-state index contributed by atoms with van der Waals surface area (Å²) >= 11 is 0. The van der Waals surface area contributed by atoms with Crippen LogP contribution in [0.3, 0.4) is 0 Å². The Hall–Kier alpha value is -0.380. The molecule has 1 fully saturated rings. The first-order valence-corrected chi connectivity index (χ1v) is 6.97. The first-order chi connectivity index (χ1) is 8.19. The van der Waals surface area contributed by atoms with Crippen LogP contribution >= 0.6 is 0 Å². The Bertz CT molecular complexity index is 359. The standard InChI is InChI=1S/C15H26O3/c1-9(2)10-5-6-14(3)11(7-10)15(4,18)13(17)8-12(14)16/h5,9,11-13,16-18H,6-8H2,1-4H3. The van der Waals surface area contributed by atoms with Crippen LogP contribution in [0.4, 0.5) is 0 Å². The predicted molar refractivity (Wildman–Crippen MR) is 71.0 cm³/mol. The molecule has 3 heteroatoms. The number of hydrogen-bond donors (Lipinski definition) is 3. The Kier molecular flexibility index (Phi) is 3.37. The lowest BCUT2D eigenvalue weighted by atomic mass is 9.53. The van der Waals surface area contributed by atoms with Gasteiger partial charge in [-0.15, -0.1) is 0 Å². The zero-order chi connectivity index (χ0) is 13.7. The van der Waals surface area contributed by atoms with Crippen LogP contribution in [0.2, 0.25) is 0 Å². The van der Waals surface area contributed by atoms with E-state index in [4.69, 9.17) is 0 Å². The first kappa shape index (κ1) is 14.0. The summed E-state index contributed by atoms with van der Waals surface area (Å²) in [5.74, 6) is 0.382. The van der Waals surface area contributed by atoms with Gasteiger partial charge in [-0.2, -0.15) is 0 Å². The van der Waals surface area contributed by atoms with Crippen LogP contribution in [0.5, 0.6) is 0 Å². The van der Waals surface area contributed by atoms with Crippen molar-refractivity contribution in [1.82, 2.24) is 0 Å². The lowest BCUT2D eigenvalue weighted by molar-refractivity contribution is -0.208. The van der Waals surface area contributed by atoms with Gasteiger partial charge in [-0.3, -0.25) is 0 Å². The second kappa shape index (κ2) is 4.32. The van der Waals surface area contributed by atoms with Gasteiger partial charge < -0.3 is 15.3 Å². The highest BCUT2D eigenvalue weighted by Gasteiger charge is 2.57. The Labute approximate surface area is 110 Å². The van der Waals surface area contributed by atoms with Crippen LogP contribution in [-0.2, 0) is 0 Å². The van der Waals surface area contributed by atoms with Crippen molar-refractivity contribution in [3.05, 3.63) is 11.6 Å². The summed E-state index contributed by atoms with van der Waals surface area (Å²) in [5, 5.41) is 31.0. The van der Waals surface area contributed by atoms with E-state index < -0.39 is 17.8 Å². The molecule has 104 valence electrons. The molecule has 18 heavy (non-hydrogen) atoms. The molecule has 3 nitrogen and oxygen atoms in total. The highest BCUT2D eigenvalue weighted by atomic mass is 16.3. The summed E-state index contributed by atoms with van der Waals surface area (Å²) in [4.78, 5) is 0. The SMILES string of the molecule is CC(C)C1=CCC2(C)C(O)CC(O)C(C)(O)C2C1. The smallest absolute Gasteiger partial charge is 0.0915 e. The fourth-order valence-corrected chi connectivity index (χ4v) is 3.71. The minimum absolute atomic E-state index is 0.0776. The molecule has 0 aromatic carbocycles. The third kappa shape index (κ3) is 1.93. The van der Waals surface area contributed by atoms with Crippen molar-refractivity contribution in [3.63, 3.8) is 0 Å². The van der Waals surface area contributed by atoms with E-state index in [1.807, 2.05) is 6.92 Å². The van der Waals surface area contributed by atoms with E-state index in [2.05, 4.69) is 19.9 Å². The van der Waals surface area contributed by atoms with Gasteiger partial charge in [0.25, 0.3) is 0 Å². The zero-order valence-corrected chi connectivity index (χ0v) is 11.8. The molecule has 0 aliphatic heterocycles. The maximum Gasteiger partial charge on any atom is 0.0915 e. The van der Waals surface area contributed by atoms with E-state index in [0.717, 1.165) is 12.8 Å². The van der Waals surface area contributed by atoms with Crippen molar-refractivity contribution in [2.75, 3.05) is 0 Å². The largest absolute Gasteiger partial charge is 0.392 e. The van der Waals surface area contributed by atoms with Crippen LogP contribution in [0.25, 0.3) is 0 Å². The van der Waals surface area contributed by atoms with Crippen LogP contribution in [0, 0.1) is 17.3 Å². The lowest BCUT2D eigenvalue weighted by Gasteiger charge is -2.56. The molecule has 0 saturated heterocycles. The van der Waals surface area contributed by atoms with Crippen LogP contribution in [0.1, 0.15) is 47.0 Å². The van der Waals surface area contributed by atoms with Crippen LogP contribution < -0.4 is 0 Å². The van der Waals surface area contributed by atoms with E-state index >= 15 is 0 Å². The van der Waals surface area contributed by atoms with Gasteiger partial charge >= 0.3 is 0 Å². The van der Waals surface area contributed by atoms with Gasteiger partial charge in [0.2, 0.25) is 0 Å². The molecule has 0 heterocycles. The minimum atomic E-state index is -1.11. The normalized spacial score (nSPS) is 48.9. The van der Waals surface area contributed by atoms with E-state index in [9.17, 15) is 15.3 Å². The van der Waals surface area contributed by atoms with Crippen molar-refractivity contribution in [3.8, 4) is 0 Å². The molecule has 5 atom stereocenters. The molecule has 2 aliphatic carbocycles. The average molecular weight is 254 g/mol. The van der Waals surface area contributed by atoms with E-state index in [-0.39, 0.29) is 17.8 Å². The van der Waals surface area contributed by atoms with Gasteiger partial charge in [0.15, 0.2) is 0 Å². The van der Waals surface area contributed by atoms with Gasteiger partial charge in [0.1, 0.15) is 0 Å². The predicted octanol–water partition coefficient (Wildman–Crippen LogP) is 1.86.